The van der Waals surface area contributed by atoms with Gasteiger partial charge in [0.2, 0.25) is 0 Å². The van der Waals surface area contributed by atoms with Crippen molar-refractivity contribution in [1.29, 1.82) is 0 Å². The van der Waals surface area contributed by atoms with E-state index in [1.165, 1.54) is 5.69 Å². The first kappa shape index (κ1) is 21.8. The van der Waals surface area contributed by atoms with Crippen LogP contribution in [-0.2, 0) is 6.54 Å². The third-order valence-electron chi connectivity index (χ3n) is 5.42. The van der Waals surface area contributed by atoms with Crippen LogP contribution in [-0.4, -0.2) is 40.4 Å². The molecule has 0 unspecified atom stereocenters. The van der Waals surface area contributed by atoms with Crippen LogP contribution in [0, 0.1) is 0 Å². The smallest absolute Gasteiger partial charge is 0.274 e. The van der Waals surface area contributed by atoms with E-state index in [0.717, 1.165) is 55.5 Å². The van der Waals surface area contributed by atoms with Crippen molar-refractivity contribution in [2.75, 3.05) is 24.5 Å². The van der Waals surface area contributed by atoms with Crippen molar-refractivity contribution in [2.24, 2.45) is 0 Å². The van der Waals surface area contributed by atoms with Gasteiger partial charge in [-0.3, -0.25) is 9.78 Å². The van der Waals surface area contributed by atoms with Crippen molar-refractivity contribution in [1.82, 2.24) is 14.9 Å². The molecule has 158 valence electrons. The maximum absolute atomic E-state index is 13.3. The van der Waals surface area contributed by atoms with E-state index in [-0.39, 0.29) is 5.91 Å². The van der Waals surface area contributed by atoms with Crippen LogP contribution in [0.1, 0.15) is 56.1 Å². The Labute approximate surface area is 179 Å². The van der Waals surface area contributed by atoms with Crippen molar-refractivity contribution in [3.63, 3.8) is 0 Å². The Bertz CT molecular complexity index is 951. The number of fused-ring (bicyclic) bond motifs is 1. The van der Waals surface area contributed by atoms with E-state index in [0.29, 0.717) is 12.2 Å². The van der Waals surface area contributed by atoms with Crippen LogP contribution < -0.4 is 4.90 Å². The van der Waals surface area contributed by atoms with E-state index < -0.39 is 0 Å². The summed E-state index contributed by atoms with van der Waals surface area (Å²) in [5, 5.41) is 0. The molecule has 0 aliphatic heterocycles. The Morgan fingerprint density at radius 3 is 2.27 bits per heavy atom. The number of rotatable bonds is 10. The zero-order valence-corrected chi connectivity index (χ0v) is 18.3. The second kappa shape index (κ2) is 10.7. The minimum absolute atomic E-state index is 0.0582. The molecule has 3 rings (SSSR count). The number of hydrogen-bond donors (Lipinski definition) is 0. The molecule has 0 saturated carbocycles. The molecule has 3 aromatic rings. The summed E-state index contributed by atoms with van der Waals surface area (Å²) in [6.07, 6.45) is 4.81. The summed E-state index contributed by atoms with van der Waals surface area (Å²) in [4.78, 5) is 26.5. The molecule has 5 heteroatoms. The molecule has 0 saturated heterocycles. The van der Waals surface area contributed by atoms with Crippen molar-refractivity contribution in [3.8, 4) is 0 Å². The van der Waals surface area contributed by atoms with Gasteiger partial charge in [0.25, 0.3) is 5.91 Å². The molecule has 0 bridgehead atoms. The Kier molecular flexibility index (Phi) is 7.77. The first-order valence-corrected chi connectivity index (χ1v) is 11.0. The van der Waals surface area contributed by atoms with Crippen LogP contribution >= 0.6 is 0 Å². The van der Waals surface area contributed by atoms with Gasteiger partial charge in [-0.25, -0.2) is 4.98 Å². The average molecular weight is 405 g/mol. The lowest BCUT2D eigenvalue weighted by molar-refractivity contribution is 0.0734. The molecule has 0 N–H and O–H groups in total. The van der Waals surface area contributed by atoms with Gasteiger partial charge in [-0.15, -0.1) is 0 Å². The molecule has 0 aliphatic carbocycles. The van der Waals surface area contributed by atoms with E-state index in [4.69, 9.17) is 0 Å². The summed E-state index contributed by atoms with van der Waals surface area (Å²) in [6.45, 7) is 9.77. The monoisotopic (exact) mass is 404 g/mol. The number of nitrogens with zero attached hydrogens (tertiary/aromatic N) is 4. The predicted molar refractivity (Wildman–Crippen MR) is 124 cm³/mol. The molecule has 2 aromatic carbocycles. The molecule has 0 radical (unpaired) electrons. The number of unbranched alkanes of at least 4 members (excludes halogenated alkanes) is 2. The summed E-state index contributed by atoms with van der Waals surface area (Å²) in [6, 6.07) is 16.2. The Morgan fingerprint density at radius 1 is 0.900 bits per heavy atom. The molecule has 1 heterocycles. The van der Waals surface area contributed by atoms with Crippen LogP contribution in [0.2, 0.25) is 0 Å². The summed E-state index contributed by atoms with van der Waals surface area (Å²) < 4.78 is 0. The molecule has 1 amide bonds. The summed E-state index contributed by atoms with van der Waals surface area (Å²) in [5.74, 6) is -0.0582. The highest BCUT2D eigenvalue weighted by Gasteiger charge is 2.18. The minimum atomic E-state index is -0.0582. The number of anilines is 1. The van der Waals surface area contributed by atoms with Crippen LogP contribution in [0.4, 0.5) is 5.69 Å². The molecule has 30 heavy (non-hydrogen) atoms. The molecule has 0 spiro atoms. The highest BCUT2D eigenvalue weighted by molar-refractivity contribution is 5.93. The number of carbonyl (C=O) groups excluding carboxylic acids is 1. The standard InChI is InChI=1S/C25H32N4O/c1-4-7-10-17-29(19-20-13-15-21(16-14-20)28(5-2)6-3)25(30)24-18-26-22-11-8-9-12-23(22)27-24/h8-9,11-16,18H,4-7,10,17,19H2,1-3H3. The van der Waals surface area contributed by atoms with E-state index >= 15 is 0 Å². The van der Waals surface area contributed by atoms with Gasteiger partial charge in [-0.05, 0) is 50.1 Å². The largest absolute Gasteiger partial charge is 0.372 e. The van der Waals surface area contributed by atoms with Crippen molar-refractivity contribution in [3.05, 3.63) is 66.0 Å². The number of benzene rings is 2. The highest BCUT2D eigenvalue weighted by Crippen LogP contribution is 2.18. The second-order valence-corrected chi connectivity index (χ2v) is 7.52. The number of hydrogen-bond acceptors (Lipinski definition) is 4. The predicted octanol–water partition coefficient (Wildman–Crippen LogP) is 5.31. The highest BCUT2D eigenvalue weighted by atomic mass is 16.2. The maximum atomic E-state index is 13.3. The van der Waals surface area contributed by atoms with E-state index in [1.807, 2.05) is 29.2 Å². The van der Waals surface area contributed by atoms with Gasteiger partial charge in [-0.2, -0.15) is 0 Å². The summed E-state index contributed by atoms with van der Waals surface area (Å²) in [5.41, 5.74) is 4.31. The molecular weight excluding hydrogens is 372 g/mol. The molecule has 0 atom stereocenters. The first-order chi connectivity index (χ1) is 14.7. The first-order valence-electron chi connectivity index (χ1n) is 11.0. The molecule has 0 aliphatic rings. The van der Waals surface area contributed by atoms with Gasteiger partial charge < -0.3 is 9.80 Å². The second-order valence-electron chi connectivity index (χ2n) is 7.52. The fraction of sp³-hybridized carbons (Fsp3) is 0.400. The van der Waals surface area contributed by atoms with E-state index in [1.54, 1.807) is 6.20 Å². The molecule has 5 nitrogen and oxygen atoms in total. The van der Waals surface area contributed by atoms with Gasteiger partial charge in [0.05, 0.1) is 17.2 Å². The SMILES string of the molecule is CCCCCN(Cc1ccc(N(CC)CC)cc1)C(=O)c1cnc2ccccc2n1. The number of para-hydroxylation sites is 2. The Hall–Kier alpha value is -2.95. The Morgan fingerprint density at radius 2 is 1.60 bits per heavy atom. The van der Waals surface area contributed by atoms with Crippen LogP contribution in [0.5, 0.6) is 0 Å². The topological polar surface area (TPSA) is 49.3 Å². The molecule has 0 fully saturated rings. The lowest BCUT2D eigenvalue weighted by Crippen LogP contribution is -2.32. The van der Waals surface area contributed by atoms with Gasteiger partial charge in [0.1, 0.15) is 5.69 Å². The molecule has 1 aromatic heterocycles. The zero-order chi connectivity index (χ0) is 21.3. The van der Waals surface area contributed by atoms with Crippen LogP contribution in [0.15, 0.2) is 54.7 Å². The summed E-state index contributed by atoms with van der Waals surface area (Å²) >= 11 is 0. The summed E-state index contributed by atoms with van der Waals surface area (Å²) in [7, 11) is 0. The van der Waals surface area contributed by atoms with Crippen LogP contribution in [0.3, 0.4) is 0 Å². The van der Waals surface area contributed by atoms with E-state index in [2.05, 4.69) is 59.9 Å². The maximum Gasteiger partial charge on any atom is 0.274 e. The number of carbonyl (C=O) groups is 1. The van der Waals surface area contributed by atoms with Crippen molar-refractivity contribution in [2.45, 2.75) is 46.6 Å². The van der Waals surface area contributed by atoms with Crippen molar-refractivity contribution < 1.29 is 4.79 Å². The number of amides is 1. The fourth-order valence-corrected chi connectivity index (χ4v) is 3.65. The number of aromatic nitrogens is 2. The van der Waals surface area contributed by atoms with Crippen LogP contribution in [0.25, 0.3) is 11.0 Å². The lowest BCUT2D eigenvalue weighted by atomic mass is 10.1. The molecular formula is C25H32N4O. The Balaban J connectivity index is 1.79. The minimum Gasteiger partial charge on any atom is -0.372 e. The normalized spacial score (nSPS) is 10.9. The third-order valence-corrected chi connectivity index (χ3v) is 5.42. The van der Waals surface area contributed by atoms with Crippen molar-refractivity contribution >= 4 is 22.6 Å². The third kappa shape index (κ3) is 5.35. The quantitative estimate of drug-likeness (QED) is 0.430. The van der Waals surface area contributed by atoms with Gasteiger partial charge in [0.15, 0.2) is 0 Å². The fourth-order valence-electron chi connectivity index (χ4n) is 3.65. The zero-order valence-electron chi connectivity index (χ0n) is 18.3. The van der Waals surface area contributed by atoms with Gasteiger partial charge >= 0.3 is 0 Å². The van der Waals surface area contributed by atoms with Gasteiger partial charge in [0, 0.05) is 31.9 Å². The van der Waals surface area contributed by atoms with Gasteiger partial charge in [-0.1, -0.05) is 44.0 Å². The van der Waals surface area contributed by atoms with E-state index in [9.17, 15) is 4.79 Å². The average Bonchev–Trinajstić information content (AvgIpc) is 2.79. The lowest BCUT2D eigenvalue weighted by Gasteiger charge is -2.24.